The molecule has 1 aliphatic rings. The number of aliphatic hydroxyl groups is 1. The van der Waals surface area contributed by atoms with Crippen molar-refractivity contribution >= 4 is 0 Å². The molecule has 0 radical (unpaired) electrons. The Morgan fingerprint density at radius 1 is 1.47 bits per heavy atom. The maximum absolute atomic E-state index is 10.2. The predicted octanol–water partition coefficient (Wildman–Crippen LogP) is 1.50. The first kappa shape index (κ1) is 12.9. The fourth-order valence-corrected chi connectivity index (χ4v) is 2.43. The van der Waals surface area contributed by atoms with Crippen molar-refractivity contribution in [3.63, 3.8) is 0 Å². The predicted molar refractivity (Wildman–Crippen MR) is 61.9 cm³/mol. The molecule has 1 N–H and O–H groups in total. The Balaban J connectivity index is 2.37. The van der Waals surface area contributed by atoms with Gasteiger partial charge in [-0.05, 0) is 31.7 Å². The number of likely N-dealkylation sites (N-methyl/N-ethyl adjacent to an activating group) is 1. The molecule has 1 saturated carbocycles. The molecule has 0 aromatic carbocycles. The molecule has 2 unspecified atom stereocenters. The van der Waals surface area contributed by atoms with Crippen molar-refractivity contribution in [3.05, 3.63) is 0 Å². The van der Waals surface area contributed by atoms with E-state index in [0.29, 0.717) is 6.04 Å². The van der Waals surface area contributed by atoms with Crippen molar-refractivity contribution in [1.29, 1.82) is 0 Å². The van der Waals surface area contributed by atoms with E-state index in [4.69, 9.17) is 4.74 Å². The van der Waals surface area contributed by atoms with Gasteiger partial charge in [-0.3, -0.25) is 0 Å². The first-order valence-electron chi connectivity index (χ1n) is 5.86. The molecule has 0 aromatic heterocycles. The Labute approximate surface area is 93.4 Å². The Morgan fingerprint density at radius 2 is 2.13 bits per heavy atom. The second-order valence-electron chi connectivity index (χ2n) is 5.37. The summed E-state index contributed by atoms with van der Waals surface area (Å²) in [6, 6.07) is 0.330. The van der Waals surface area contributed by atoms with E-state index < -0.39 is 0 Å². The molecule has 3 heteroatoms. The van der Waals surface area contributed by atoms with Crippen molar-refractivity contribution in [3.8, 4) is 0 Å². The topological polar surface area (TPSA) is 32.7 Å². The number of aliphatic hydroxyl groups excluding tert-OH is 1. The van der Waals surface area contributed by atoms with Crippen molar-refractivity contribution < 1.29 is 9.84 Å². The SMILES string of the molecule is COCCCN(C)C1CCC(C)(C)C1O. The van der Waals surface area contributed by atoms with Crippen LogP contribution < -0.4 is 0 Å². The van der Waals surface area contributed by atoms with E-state index >= 15 is 0 Å². The van der Waals surface area contributed by atoms with E-state index in [1.807, 2.05) is 0 Å². The molecular weight excluding hydrogens is 190 g/mol. The maximum Gasteiger partial charge on any atom is 0.0746 e. The minimum atomic E-state index is -0.190. The highest BCUT2D eigenvalue weighted by molar-refractivity contribution is 4.95. The van der Waals surface area contributed by atoms with Gasteiger partial charge in [0, 0.05) is 26.3 Å². The van der Waals surface area contributed by atoms with Crippen LogP contribution in [0.25, 0.3) is 0 Å². The minimum absolute atomic E-state index is 0.0835. The number of methoxy groups -OCH3 is 1. The first-order chi connectivity index (χ1) is 6.99. The van der Waals surface area contributed by atoms with E-state index in [1.54, 1.807) is 7.11 Å². The third-order valence-corrected chi connectivity index (χ3v) is 3.68. The van der Waals surface area contributed by atoms with Crippen LogP contribution in [0, 0.1) is 5.41 Å². The van der Waals surface area contributed by atoms with Gasteiger partial charge in [0.25, 0.3) is 0 Å². The molecule has 0 aliphatic heterocycles. The van der Waals surface area contributed by atoms with Gasteiger partial charge in [0.1, 0.15) is 0 Å². The lowest BCUT2D eigenvalue weighted by Crippen LogP contribution is -2.42. The zero-order valence-electron chi connectivity index (χ0n) is 10.5. The molecule has 0 saturated heterocycles. The van der Waals surface area contributed by atoms with Crippen LogP contribution in [0.5, 0.6) is 0 Å². The van der Waals surface area contributed by atoms with Gasteiger partial charge in [-0.2, -0.15) is 0 Å². The van der Waals surface area contributed by atoms with Gasteiger partial charge >= 0.3 is 0 Å². The highest BCUT2D eigenvalue weighted by atomic mass is 16.5. The molecule has 0 aromatic rings. The van der Waals surface area contributed by atoms with E-state index in [2.05, 4.69) is 25.8 Å². The average Bonchev–Trinajstić information content (AvgIpc) is 2.43. The number of rotatable bonds is 5. The van der Waals surface area contributed by atoms with Crippen molar-refractivity contribution in [1.82, 2.24) is 4.90 Å². The summed E-state index contributed by atoms with van der Waals surface area (Å²) in [4.78, 5) is 2.28. The second kappa shape index (κ2) is 5.28. The molecule has 1 rings (SSSR count). The lowest BCUT2D eigenvalue weighted by Gasteiger charge is -2.31. The largest absolute Gasteiger partial charge is 0.391 e. The molecule has 1 aliphatic carbocycles. The first-order valence-corrected chi connectivity index (χ1v) is 5.86. The Morgan fingerprint density at radius 3 is 2.60 bits per heavy atom. The highest BCUT2D eigenvalue weighted by Gasteiger charge is 2.42. The summed E-state index contributed by atoms with van der Waals surface area (Å²) in [6.45, 7) is 6.11. The number of nitrogens with zero attached hydrogens (tertiary/aromatic N) is 1. The fourth-order valence-electron chi connectivity index (χ4n) is 2.43. The molecule has 0 amide bonds. The number of hydrogen-bond acceptors (Lipinski definition) is 3. The third-order valence-electron chi connectivity index (χ3n) is 3.68. The van der Waals surface area contributed by atoms with Crippen molar-refractivity contribution in [2.24, 2.45) is 5.41 Å². The smallest absolute Gasteiger partial charge is 0.0746 e. The second-order valence-corrected chi connectivity index (χ2v) is 5.37. The van der Waals surface area contributed by atoms with E-state index in [9.17, 15) is 5.11 Å². The standard InChI is InChI=1S/C12H25NO2/c1-12(2)7-6-10(11(12)14)13(3)8-5-9-15-4/h10-11,14H,5-9H2,1-4H3. The fraction of sp³-hybridized carbons (Fsp3) is 1.00. The molecule has 2 atom stereocenters. The van der Waals surface area contributed by atoms with Gasteiger partial charge in [0.15, 0.2) is 0 Å². The van der Waals surface area contributed by atoms with Crippen molar-refractivity contribution in [2.45, 2.75) is 45.3 Å². The summed E-state index contributed by atoms with van der Waals surface area (Å²) in [6.07, 6.45) is 3.08. The molecule has 90 valence electrons. The van der Waals surface area contributed by atoms with Crippen LogP contribution in [-0.4, -0.2) is 49.5 Å². The lowest BCUT2D eigenvalue weighted by atomic mass is 9.88. The Hall–Kier alpha value is -0.120. The van der Waals surface area contributed by atoms with Crippen LogP contribution in [0.15, 0.2) is 0 Å². The molecular formula is C12H25NO2. The van der Waals surface area contributed by atoms with Gasteiger partial charge in [-0.15, -0.1) is 0 Å². The quantitative estimate of drug-likeness (QED) is 0.706. The zero-order chi connectivity index (χ0) is 11.5. The molecule has 0 heterocycles. The molecule has 15 heavy (non-hydrogen) atoms. The lowest BCUT2D eigenvalue weighted by molar-refractivity contribution is 0.0211. The van der Waals surface area contributed by atoms with E-state index in [1.165, 1.54) is 0 Å². The average molecular weight is 215 g/mol. The Kier molecular flexibility index (Phi) is 4.56. The normalized spacial score (nSPS) is 30.0. The summed E-state index contributed by atoms with van der Waals surface area (Å²) in [7, 11) is 3.83. The van der Waals surface area contributed by atoms with Crippen LogP contribution >= 0.6 is 0 Å². The molecule has 1 fully saturated rings. The van der Waals surface area contributed by atoms with Gasteiger partial charge < -0.3 is 14.7 Å². The monoisotopic (exact) mass is 215 g/mol. The van der Waals surface area contributed by atoms with Crippen LogP contribution in [0.4, 0.5) is 0 Å². The van der Waals surface area contributed by atoms with Crippen LogP contribution in [0.3, 0.4) is 0 Å². The van der Waals surface area contributed by atoms with E-state index in [0.717, 1.165) is 32.4 Å². The maximum atomic E-state index is 10.2. The summed E-state index contributed by atoms with van der Waals surface area (Å²) in [5.74, 6) is 0. The molecule has 0 spiro atoms. The van der Waals surface area contributed by atoms with Gasteiger partial charge in [-0.1, -0.05) is 13.8 Å². The van der Waals surface area contributed by atoms with Gasteiger partial charge in [0.05, 0.1) is 6.10 Å². The van der Waals surface area contributed by atoms with Crippen molar-refractivity contribution in [2.75, 3.05) is 27.3 Å². The molecule has 0 bridgehead atoms. The third kappa shape index (κ3) is 3.16. The van der Waals surface area contributed by atoms with Crippen LogP contribution in [0.1, 0.15) is 33.1 Å². The number of ether oxygens (including phenoxy) is 1. The number of hydrogen-bond donors (Lipinski definition) is 1. The minimum Gasteiger partial charge on any atom is -0.391 e. The summed E-state index contributed by atoms with van der Waals surface area (Å²) in [5.41, 5.74) is 0.0835. The highest BCUT2D eigenvalue weighted by Crippen LogP contribution is 2.39. The van der Waals surface area contributed by atoms with E-state index in [-0.39, 0.29) is 11.5 Å². The Bertz CT molecular complexity index is 194. The summed E-state index contributed by atoms with van der Waals surface area (Å²) >= 11 is 0. The summed E-state index contributed by atoms with van der Waals surface area (Å²) < 4.78 is 5.03. The van der Waals surface area contributed by atoms with Gasteiger partial charge in [0.2, 0.25) is 0 Å². The molecule has 3 nitrogen and oxygen atoms in total. The van der Waals surface area contributed by atoms with Crippen LogP contribution in [0.2, 0.25) is 0 Å². The van der Waals surface area contributed by atoms with Crippen LogP contribution in [-0.2, 0) is 4.74 Å². The summed E-state index contributed by atoms with van der Waals surface area (Å²) in [5, 5.41) is 10.2. The zero-order valence-corrected chi connectivity index (χ0v) is 10.5. The van der Waals surface area contributed by atoms with Gasteiger partial charge in [-0.25, -0.2) is 0 Å².